The van der Waals surface area contributed by atoms with Crippen LogP contribution in [0.3, 0.4) is 0 Å². The van der Waals surface area contributed by atoms with Crippen molar-refractivity contribution in [1.82, 2.24) is 9.78 Å². The molecule has 0 aliphatic rings. The molecule has 0 fully saturated rings. The molecule has 2 aromatic rings. The van der Waals surface area contributed by atoms with E-state index < -0.39 is 11.8 Å². The number of aromatic nitrogens is 2. The predicted octanol–water partition coefficient (Wildman–Crippen LogP) is 2.71. The predicted molar refractivity (Wildman–Crippen MR) is 77.5 cm³/mol. The molecule has 0 saturated heterocycles. The summed E-state index contributed by atoms with van der Waals surface area (Å²) >= 11 is 6.15. The Labute approximate surface area is 126 Å². The Morgan fingerprint density at radius 1 is 1.52 bits per heavy atom. The Morgan fingerprint density at radius 2 is 2.24 bits per heavy atom. The highest BCUT2D eigenvalue weighted by molar-refractivity contribution is 6.31. The summed E-state index contributed by atoms with van der Waals surface area (Å²) in [5.41, 5.74) is 6.80. The van der Waals surface area contributed by atoms with Gasteiger partial charge in [0.25, 0.3) is 0 Å². The molecular weight excluding hydrogens is 297 g/mol. The van der Waals surface area contributed by atoms with Gasteiger partial charge in [-0.2, -0.15) is 5.10 Å². The lowest BCUT2D eigenvalue weighted by Crippen LogP contribution is -2.10. The zero-order valence-electron chi connectivity index (χ0n) is 11.7. The zero-order chi connectivity index (χ0) is 15.6. The lowest BCUT2D eigenvalue weighted by atomic mass is 10.2. The first-order chi connectivity index (χ1) is 9.93. The van der Waals surface area contributed by atoms with Gasteiger partial charge in [0.05, 0.1) is 22.0 Å². The summed E-state index contributed by atoms with van der Waals surface area (Å²) < 4.78 is 20.3. The molecule has 7 heteroatoms. The molecule has 0 saturated carbocycles. The van der Waals surface area contributed by atoms with Gasteiger partial charge >= 0.3 is 5.97 Å². The fourth-order valence-electron chi connectivity index (χ4n) is 1.89. The van der Waals surface area contributed by atoms with Crippen LogP contribution in [0.1, 0.15) is 28.7 Å². The van der Waals surface area contributed by atoms with Gasteiger partial charge < -0.3 is 10.5 Å². The Balaban J connectivity index is 2.13. The second kappa shape index (κ2) is 6.13. The van der Waals surface area contributed by atoms with Crippen molar-refractivity contribution in [3.63, 3.8) is 0 Å². The van der Waals surface area contributed by atoms with E-state index >= 15 is 0 Å². The minimum Gasteiger partial charge on any atom is -0.455 e. The molecule has 0 radical (unpaired) electrons. The number of carbonyl (C=O) groups is 1. The maximum absolute atomic E-state index is 13.6. The van der Waals surface area contributed by atoms with Crippen LogP contribution in [0.2, 0.25) is 5.02 Å². The van der Waals surface area contributed by atoms with Crippen molar-refractivity contribution in [3.05, 3.63) is 46.0 Å². The summed E-state index contributed by atoms with van der Waals surface area (Å²) in [6, 6.07) is 3.80. The van der Waals surface area contributed by atoms with Gasteiger partial charge in [0.15, 0.2) is 0 Å². The molecule has 0 atom stereocenters. The van der Waals surface area contributed by atoms with E-state index in [0.717, 1.165) is 11.8 Å². The number of ether oxygens (including phenoxy) is 1. The van der Waals surface area contributed by atoms with Gasteiger partial charge in [0.1, 0.15) is 12.4 Å². The largest absolute Gasteiger partial charge is 0.455 e. The van der Waals surface area contributed by atoms with Crippen LogP contribution in [0, 0.1) is 5.82 Å². The smallest absolute Gasteiger partial charge is 0.341 e. The molecule has 2 rings (SSSR count). The highest BCUT2D eigenvalue weighted by atomic mass is 35.5. The first-order valence-corrected chi connectivity index (χ1v) is 6.74. The van der Waals surface area contributed by atoms with E-state index in [1.807, 2.05) is 6.92 Å². The SMILES string of the molecule is CCc1nn(C)c(COC(=O)c2ccc(N)cc2F)c1Cl. The molecule has 0 amide bonds. The van der Waals surface area contributed by atoms with Crippen molar-refractivity contribution in [3.8, 4) is 0 Å². The number of carbonyl (C=O) groups excluding carboxylic acids is 1. The van der Waals surface area contributed by atoms with Crippen LogP contribution in [0.4, 0.5) is 10.1 Å². The molecule has 1 aromatic heterocycles. The van der Waals surface area contributed by atoms with Crippen molar-refractivity contribution in [1.29, 1.82) is 0 Å². The van der Waals surface area contributed by atoms with Gasteiger partial charge in [0, 0.05) is 12.7 Å². The number of anilines is 1. The monoisotopic (exact) mass is 311 g/mol. The molecule has 0 aliphatic carbocycles. The summed E-state index contributed by atoms with van der Waals surface area (Å²) in [4.78, 5) is 11.9. The summed E-state index contributed by atoms with van der Waals surface area (Å²) in [7, 11) is 1.71. The van der Waals surface area contributed by atoms with E-state index in [1.54, 1.807) is 11.7 Å². The Hall–Kier alpha value is -2.08. The Morgan fingerprint density at radius 3 is 2.81 bits per heavy atom. The minimum atomic E-state index is -0.775. The number of hydrogen-bond acceptors (Lipinski definition) is 4. The molecule has 0 aliphatic heterocycles. The zero-order valence-corrected chi connectivity index (χ0v) is 12.4. The molecule has 1 aromatic carbocycles. The molecule has 0 unspecified atom stereocenters. The fourth-order valence-corrected chi connectivity index (χ4v) is 2.23. The van der Waals surface area contributed by atoms with E-state index in [-0.39, 0.29) is 17.9 Å². The van der Waals surface area contributed by atoms with Crippen LogP contribution in [0.5, 0.6) is 0 Å². The molecule has 5 nitrogen and oxygen atoms in total. The van der Waals surface area contributed by atoms with Gasteiger partial charge in [-0.15, -0.1) is 0 Å². The van der Waals surface area contributed by atoms with Crippen molar-refractivity contribution in [2.24, 2.45) is 7.05 Å². The molecule has 0 spiro atoms. The number of nitrogen functional groups attached to an aromatic ring is 1. The molecule has 112 valence electrons. The van der Waals surface area contributed by atoms with Crippen LogP contribution in [0.15, 0.2) is 18.2 Å². The highest BCUT2D eigenvalue weighted by Crippen LogP contribution is 2.22. The Bertz CT molecular complexity index is 685. The minimum absolute atomic E-state index is 0.0784. The Kier molecular flexibility index (Phi) is 4.47. The normalized spacial score (nSPS) is 10.7. The fraction of sp³-hybridized carbons (Fsp3) is 0.286. The number of benzene rings is 1. The van der Waals surface area contributed by atoms with Crippen LogP contribution < -0.4 is 5.73 Å². The van der Waals surface area contributed by atoms with Crippen LogP contribution in [0.25, 0.3) is 0 Å². The third kappa shape index (κ3) is 3.16. The lowest BCUT2D eigenvalue weighted by Gasteiger charge is -2.07. The summed E-state index contributed by atoms with van der Waals surface area (Å²) in [5.74, 6) is -1.49. The van der Waals surface area contributed by atoms with E-state index in [0.29, 0.717) is 17.1 Å². The molecular formula is C14H15ClFN3O2. The number of halogens is 2. The van der Waals surface area contributed by atoms with E-state index in [1.165, 1.54) is 12.1 Å². The maximum atomic E-state index is 13.6. The molecule has 2 N–H and O–H groups in total. The number of aryl methyl sites for hydroxylation is 2. The second-order valence-corrected chi connectivity index (χ2v) is 4.88. The van der Waals surface area contributed by atoms with Crippen molar-refractivity contribution in [2.45, 2.75) is 20.0 Å². The molecule has 1 heterocycles. The first kappa shape index (κ1) is 15.3. The number of rotatable bonds is 4. The van der Waals surface area contributed by atoms with Crippen LogP contribution in [-0.2, 0) is 24.8 Å². The van der Waals surface area contributed by atoms with Gasteiger partial charge in [-0.05, 0) is 24.6 Å². The number of nitrogens with two attached hydrogens (primary N) is 1. The van der Waals surface area contributed by atoms with Crippen LogP contribution in [-0.4, -0.2) is 15.7 Å². The highest BCUT2D eigenvalue weighted by Gasteiger charge is 2.17. The molecule has 0 bridgehead atoms. The van der Waals surface area contributed by atoms with Crippen molar-refractivity contribution >= 4 is 23.3 Å². The third-order valence-electron chi connectivity index (χ3n) is 3.06. The number of nitrogens with zero attached hydrogens (tertiary/aromatic N) is 2. The molecule has 21 heavy (non-hydrogen) atoms. The maximum Gasteiger partial charge on any atom is 0.341 e. The standard InChI is InChI=1S/C14H15ClFN3O2/c1-3-11-13(15)12(19(2)18-11)7-21-14(20)9-5-4-8(17)6-10(9)16/h4-6H,3,7,17H2,1-2H3. The average molecular weight is 312 g/mol. The summed E-state index contributed by atoms with van der Waals surface area (Å²) in [6.45, 7) is 1.85. The van der Waals surface area contributed by atoms with Crippen molar-refractivity contribution < 1.29 is 13.9 Å². The summed E-state index contributed by atoms with van der Waals surface area (Å²) in [6.07, 6.45) is 0.674. The quantitative estimate of drug-likeness (QED) is 0.696. The van der Waals surface area contributed by atoms with Crippen molar-refractivity contribution in [2.75, 3.05) is 5.73 Å². The van der Waals surface area contributed by atoms with E-state index in [2.05, 4.69) is 5.10 Å². The average Bonchev–Trinajstić information content (AvgIpc) is 2.71. The number of hydrogen-bond donors (Lipinski definition) is 1. The second-order valence-electron chi connectivity index (χ2n) is 4.50. The lowest BCUT2D eigenvalue weighted by molar-refractivity contribution is 0.0458. The van der Waals surface area contributed by atoms with Gasteiger partial charge in [0.2, 0.25) is 0 Å². The first-order valence-electron chi connectivity index (χ1n) is 6.36. The van der Waals surface area contributed by atoms with E-state index in [9.17, 15) is 9.18 Å². The van der Waals surface area contributed by atoms with Gasteiger partial charge in [-0.1, -0.05) is 18.5 Å². The third-order valence-corrected chi connectivity index (χ3v) is 3.49. The van der Waals surface area contributed by atoms with Gasteiger partial charge in [-0.3, -0.25) is 4.68 Å². The topological polar surface area (TPSA) is 70.1 Å². The van der Waals surface area contributed by atoms with Crippen LogP contribution >= 0.6 is 11.6 Å². The summed E-state index contributed by atoms with van der Waals surface area (Å²) in [5, 5.41) is 4.67. The van der Waals surface area contributed by atoms with Gasteiger partial charge in [-0.25, -0.2) is 9.18 Å². The van der Waals surface area contributed by atoms with E-state index in [4.69, 9.17) is 22.1 Å². The number of esters is 1.